The second-order valence-corrected chi connectivity index (χ2v) is 7.19. The summed E-state index contributed by atoms with van der Waals surface area (Å²) in [6.45, 7) is 5.32. The Kier molecular flexibility index (Phi) is 5.06. The Morgan fingerprint density at radius 2 is 1.83 bits per heavy atom. The summed E-state index contributed by atoms with van der Waals surface area (Å²) in [6, 6.07) is 8.96. The monoisotopic (exact) mass is 337 g/mol. The Bertz CT molecular complexity index is 819. The number of hydrogen-bond acceptors (Lipinski definition) is 3. The van der Waals surface area contributed by atoms with Gasteiger partial charge < -0.3 is 4.74 Å². The van der Waals surface area contributed by atoms with Gasteiger partial charge in [0.1, 0.15) is 0 Å². The lowest BCUT2D eigenvalue weighted by molar-refractivity contribution is 0.386. The van der Waals surface area contributed by atoms with E-state index in [0.717, 1.165) is 5.56 Å². The molecule has 23 heavy (non-hydrogen) atoms. The lowest BCUT2D eigenvalue weighted by atomic mass is 10.1. The van der Waals surface area contributed by atoms with E-state index in [1.807, 2.05) is 13.0 Å². The molecular formula is C17H20FNO3S. The molecule has 0 fully saturated rings. The van der Waals surface area contributed by atoms with Crippen LogP contribution in [0, 0.1) is 19.7 Å². The van der Waals surface area contributed by atoms with Crippen LogP contribution in [0.3, 0.4) is 0 Å². The molecule has 1 unspecified atom stereocenters. The summed E-state index contributed by atoms with van der Waals surface area (Å²) in [5, 5.41) is 0. The highest BCUT2D eigenvalue weighted by Gasteiger charge is 2.21. The van der Waals surface area contributed by atoms with Crippen molar-refractivity contribution in [2.24, 2.45) is 0 Å². The molecule has 0 aliphatic rings. The zero-order chi connectivity index (χ0) is 17.2. The SMILES string of the molecule is COc1ccc(C(C)NS(=O)(=O)c2ccc(C)cc2C)cc1F. The largest absolute Gasteiger partial charge is 0.494 e. The van der Waals surface area contributed by atoms with Crippen LogP contribution in [-0.4, -0.2) is 15.5 Å². The maximum atomic E-state index is 13.8. The lowest BCUT2D eigenvalue weighted by Gasteiger charge is -2.16. The summed E-state index contributed by atoms with van der Waals surface area (Å²) in [4.78, 5) is 0.226. The number of rotatable bonds is 5. The molecule has 0 spiro atoms. The molecule has 0 radical (unpaired) electrons. The number of benzene rings is 2. The number of hydrogen-bond donors (Lipinski definition) is 1. The standard InChI is InChI=1S/C17H20FNO3S/c1-11-5-8-17(12(2)9-11)23(20,21)19-13(3)14-6-7-16(22-4)15(18)10-14/h5-10,13,19H,1-4H3. The van der Waals surface area contributed by atoms with Crippen molar-refractivity contribution in [2.45, 2.75) is 31.7 Å². The van der Waals surface area contributed by atoms with E-state index in [1.54, 1.807) is 32.0 Å². The number of halogens is 1. The highest BCUT2D eigenvalue weighted by atomic mass is 32.2. The topological polar surface area (TPSA) is 55.4 Å². The average molecular weight is 337 g/mol. The van der Waals surface area contributed by atoms with E-state index in [1.165, 1.54) is 19.2 Å². The third-order valence-corrected chi connectivity index (χ3v) is 5.33. The third kappa shape index (κ3) is 3.89. The Balaban J connectivity index is 2.28. The minimum atomic E-state index is -3.69. The van der Waals surface area contributed by atoms with E-state index in [9.17, 15) is 12.8 Å². The van der Waals surface area contributed by atoms with Crippen LogP contribution in [0.4, 0.5) is 4.39 Å². The van der Waals surface area contributed by atoms with E-state index >= 15 is 0 Å². The van der Waals surface area contributed by atoms with Gasteiger partial charge >= 0.3 is 0 Å². The Morgan fingerprint density at radius 1 is 1.13 bits per heavy atom. The molecule has 124 valence electrons. The third-order valence-electron chi connectivity index (χ3n) is 3.63. The molecule has 0 aliphatic heterocycles. The first-order chi connectivity index (χ1) is 10.7. The second kappa shape index (κ2) is 6.68. The quantitative estimate of drug-likeness (QED) is 0.908. The van der Waals surface area contributed by atoms with Crippen molar-refractivity contribution in [1.29, 1.82) is 0 Å². The van der Waals surface area contributed by atoms with E-state index in [4.69, 9.17) is 4.74 Å². The number of aryl methyl sites for hydroxylation is 2. The smallest absolute Gasteiger partial charge is 0.241 e. The zero-order valence-electron chi connectivity index (χ0n) is 13.6. The molecule has 4 nitrogen and oxygen atoms in total. The summed E-state index contributed by atoms with van der Waals surface area (Å²) in [7, 11) is -2.31. The molecule has 1 N–H and O–H groups in total. The van der Waals surface area contributed by atoms with Crippen molar-refractivity contribution in [3.8, 4) is 5.75 Å². The predicted octanol–water partition coefficient (Wildman–Crippen LogP) is 3.49. The van der Waals surface area contributed by atoms with Gasteiger partial charge in [0.25, 0.3) is 0 Å². The van der Waals surface area contributed by atoms with Gasteiger partial charge in [-0.15, -0.1) is 0 Å². The van der Waals surface area contributed by atoms with Crippen LogP contribution in [0.1, 0.15) is 29.7 Å². The normalized spacial score (nSPS) is 12.9. The summed E-state index contributed by atoms with van der Waals surface area (Å²) in [5.41, 5.74) is 2.19. The number of sulfonamides is 1. The molecule has 6 heteroatoms. The summed E-state index contributed by atoms with van der Waals surface area (Å²) < 4.78 is 46.3. The van der Waals surface area contributed by atoms with E-state index in [2.05, 4.69) is 4.72 Å². The first-order valence-electron chi connectivity index (χ1n) is 7.17. The number of ether oxygens (including phenoxy) is 1. The minimum absolute atomic E-state index is 0.123. The molecule has 0 bridgehead atoms. The van der Waals surface area contributed by atoms with Gasteiger partial charge in [-0.3, -0.25) is 0 Å². The Labute approximate surface area is 136 Å². The number of methoxy groups -OCH3 is 1. The molecule has 2 aromatic carbocycles. The Hall–Kier alpha value is -1.92. The second-order valence-electron chi connectivity index (χ2n) is 5.51. The molecule has 0 aromatic heterocycles. The summed E-state index contributed by atoms with van der Waals surface area (Å²) in [6.07, 6.45) is 0. The first-order valence-corrected chi connectivity index (χ1v) is 8.66. The van der Waals surface area contributed by atoms with Crippen LogP contribution in [0.15, 0.2) is 41.3 Å². The fourth-order valence-corrected chi connectivity index (χ4v) is 3.88. The van der Waals surface area contributed by atoms with Crippen molar-refractivity contribution >= 4 is 10.0 Å². The first kappa shape index (κ1) is 17.4. The molecule has 2 rings (SSSR count). The van der Waals surface area contributed by atoms with E-state index in [0.29, 0.717) is 11.1 Å². The van der Waals surface area contributed by atoms with Gasteiger partial charge in [0.2, 0.25) is 10.0 Å². The van der Waals surface area contributed by atoms with Gasteiger partial charge in [-0.25, -0.2) is 17.5 Å². The molecule has 1 atom stereocenters. The van der Waals surface area contributed by atoms with E-state index < -0.39 is 21.9 Å². The molecule has 0 saturated carbocycles. The van der Waals surface area contributed by atoms with Crippen molar-refractivity contribution in [3.63, 3.8) is 0 Å². The predicted molar refractivity (Wildman–Crippen MR) is 87.6 cm³/mol. The maximum Gasteiger partial charge on any atom is 0.241 e. The molecule has 0 heterocycles. The van der Waals surface area contributed by atoms with Crippen LogP contribution in [-0.2, 0) is 10.0 Å². The summed E-state index contributed by atoms with van der Waals surface area (Å²) >= 11 is 0. The van der Waals surface area contributed by atoms with Crippen molar-refractivity contribution in [1.82, 2.24) is 4.72 Å². The number of nitrogens with one attached hydrogen (secondary N) is 1. The molecule has 0 saturated heterocycles. The molecule has 0 aliphatic carbocycles. The fourth-order valence-electron chi connectivity index (χ4n) is 2.42. The lowest BCUT2D eigenvalue weighted by Crippen LogP contribution is -2.27. The van der Waals surface area contributed by atoms with Crippen LogP contribution in [0.25, 0.3) is 0 Å². The Morgan fingerprint density at radius 3 is 2.39 bits per heavy atom. The summed E-state index contributed by atoms with van der Waals surface area (Å²) in [5.74, 6) is -0.402. The van der Waals surface area contributed by atoms with Crippen LogP contribution in [0.2, 0.25) is 0 Å². The van der Waals surface area contributed by atoms with Gasteiger partial charge in [-0.05, 0) is 50.1 Å². The average Bonchev–Trinajstić information content (AvgIpc) is 2.46. The van der Waals surface area contributed by atoms with Crippen molar-refractivity contribution in [3.05, 3.63) is 58.9 Å². The molecule has 2 aromatic rings. The van der Waals surface area contributed by atoms with Crippen molar-refractivity contribution < 1.29 is 17.5 Å². The highest BCUT2D eigenvalue weighted by Crippen LogP contribution is 2.24. The van der Waals surface area contributed by atoms with Crippen molar-refractivity contribution in [2.75, 3.05) is 7.11 Å². The minimum Gasteiger partial charge on any atom is -0.494 e. The fraction of sp³-hybridized carbons (Fsp3) is 0.294. The van der Waals surface area contributed by atoms with E-state index in [-0.39, 0.29) is 10.6 Å². The zero-order valence-corrected chi connectivity index (χ0v) is 14.4. The van der Waals surface area contributed by atoms with Crippen LogP contribution < -0.4 is 9.46 Å². The van der Waals surface area contributed by atoms with Gasteiger partial charge in [0, 0.05) is 6.04 Å². The van der Waals surface area contributed by atoms with Gasteiger partial charge in [-0.1, -0.05) is 23.8 Å². The van der Waals surface area contributed by atoms with Gasteiger partial charge in [0.05, 0.1) is 12.0 Å². The molecule has 0 amide bonds. The van der Waals surface area contributed by atoms with Crippen LogP contribution in [0.5, 0.6) is 5.75 Å². The molecular weight excluding hydrogens is 317 g/mol. The van der Waals surface area contributed by atoms with Gasteiger partial charge in [0.15, 0.2) is 11.6 Å². The maximum absolute atomic E-state index is 13.8. The van der Waals surface area contributed by atoms with Crippen LogP contribution >= 0.6 is 0 Å². The van der Waals surface area contributed by atoms with Gasteiger partial charge in [-0.2, -0.15) is 0 Å². The highest BCUT2D eigenvalue weighted by molar-refractivity contribution is 7.89.